The van der Waals surface area contributed by atoms with Crippen LogP contribution in [-0.2, 0) is 13.6 Å². The van der Waals surface area contributed by atoms with Crippen LogP contribution in [0.5, 0.6) is 5.75 Å². The van der Waals surface area contributed by atoms with Gasteiger partial charge in [-0.05, 0) is 24.3 Å². The molecule has 8 nitrogen and oxygen atoms in total. The topological polar surface area (TPSA) is 80.9 Å². The first-order valence-electron chi connectivity index (χ1n) is 8.48. The Balaban J connectivity index is 1.32. The number of fused-ring (bicyclic) bond motifs is 1. The van der Waals surface area contributed by atoms with Crippen LogP contribution in [0.15, 0.2) is 47.7 Å². The van der Waals surface area contributed by atoms with E-state index in [0.29, 0.717) is 29.2 Å². The molecule has 1 saturated heterocycles. The summed E-state index contributed by atoms with van der Waals surface area (Å²) in [4.78, 5) is 26.2. The number of carbonyl (C=O) groups is 1. The molecule has 1 aromatic carbocycles. The highest BCUT2D eigenvalue weighted by atomic mass is 35.5. The van der Waals surface area contributed by atoms with E-state index in [2.05, 4.69) is 10.4 Å². The van der Waals surface area contributed by atoms with E-state index in [1.54, 1.807) is 54.8 Å². The lowest BCUT2D eigenvalue weighted by molar-refractivity contribution is 0.0443. The highest BCUT2D eigenvalue weighted by Gasteiger charge is 2.32. The van der Waals surface area contributed by atoms with E-state index in [0.717, 1.165) is 5.75 Å². The highest BCUT2D eigenvalue weighted by Crippen LogP contribution is 2.20. The van der Waals surface area contributed by atoms with Crippen LogP contribution in [0.25, 0.3) is 5.52 Å². The molecule has 1 aliphatic rings. The molecule has 4 rings (SSSR count). The minimum Gasteiger partial charge on any atom is -0.487 e. The van der Waals surface area contributed by atoms with Crippen LogP contribution < -0.4 is 15.6 Å². The normalized spacial score (nSPS) is 14.2. The summed E-state index contributed by atoms with van der Waals surface area (Å²) in [5.74, 6) is 0.728. The smallest absolute Gasteiger partial charge is 0.317 e. The zero-order chi connectivity index (χ0) is 19.0. The van der Waals surface area contributed by atoms with Gasteiger partial charge in [-0.1, -0.05) is 11.6 Å². The zero-order valence-corrected chi connectivity index (χ0v) is 15.4. The summed E-state index contributed by atoms with van der Waals surface area (Å²) in [5.41, 5.74) is 0.992. The fourth-order valence-corrected chi connectivity index (χ4v) is 3.07. The molecule has 0 atom stereocenters. The van der Waals surface area contributed by atoms with E-state index in [1.807, 2.05) is 0 Å². The van der Waals surface area contributed by atoms with E-state index in [4.69, 9.17) is 16.3 Å². The Morgan fingerprint density at radius 3 is 2.78 bits per heavy atom. The summed E-state index contributed by atoms with van der Waals surface area (Å²) >= 11 is 5.85. The lowest BCUT2D eigenvalue weighted by Gasteiger charge is -2.38. The standard InChI is InChI=1S/C18H18ClN5O3/c1-22-6-7-24-16(17(22)25)12(9-21-24)8-20-18(26)23-10-15(11-23)27-14-4-2-13(19)3-5-14/h2-7,9,15H,8,10-11H2,1H3,(H,20,26). The average molecular weight is 388 g/mol. The fourth-order valence-electron chi connectivity index (χ4n) is 2.94. The maximum absolute atomic E-state index is 12.3. The van der Waals surface area contributed by atoms with Gasteiger partial charge < -0.3 is 19.5 Å². The van der Waals surface area contributed by atoms with Gasteiger partial charge in [0.05, 0.1) is 19.3 Å². The van der Waals surface area contributed by atoms with Crippen molar-refractivity contribution in [1.29, 1.82) is 0 Å². The number of amides is 2. The van der Waals surface area contributed by atoms with Crippen LogP contribution >= 0.6 is 11.6 Å². The minimum atomic E-state index is -0.196. The molecule has 1 N–H and O–H groups in total. The second-order valence-corrected chi connectivity index (χ2v) is 6.87. The Morgan fingerprint density at radius 1 is 1.30 bits per heavy atom. The lowest BCUT2D eigenvalue weighted by atomic mass is 10.2. The van der Waals surface area contributed by atoms with Gasteiger partial charge in [-0.2, -0.15) is 5.10 Å². The molecule has 3 aromatic rings. The number of benzene rings is 1. The fraction of sp³-hybridized carbons (Fsp3) is 0.278. The predicted octanol–water partition coefficient (Wildman–Crippen LogP) is 1.66. The summed E-state index contributed by atoms with van der Waals surface area (Å²) in [5, 5.41) is 7.63. The summed E-state index contributed by atoms with van der Waals surface area (Å²) in [6, 6.07) is 6.94. The van der Waals surface area contributed by atoms with Crippen LogP contribution in [0.3, 0.4) is 0 Å². The van der Waals surface area contributed by atoms with Crippen molar-refractivity contribution >= 4 is 23.1 Å². The number of hydrogen-bond donors (Lipinski definition) is 1. The number of carbonyl (C=O) groups excluding carboxylic acids is 1. The molecule has 1 aliphatic heterocycles. The Hall–Kier alpha value is -3.00. The van der Waals surface area contributed by atoms with Crippen LogP contribution in [0.2, 0.25) is 5.02 Å². The number of urea groups is 1. The molecule has 0 unspecified atom stereocenters. The van der Waals surface area contributed by atoms with Crippen LogP contribution in [0.1, 0.15) is 5.56 Å². The third-order valence-corrected chi connectivity index (χ3v) is 4.76. The molecular weight excluding hydrogens is 370 g/mol. The number of nitrogens with one attached hydrogen (secondary N) is 1. The monoisotopic (exact) mass is 387 g/mol. The summed E-state index contributed by atoms with van der Waals surface area (Å²) in [7, 11) is 1.68. The molecule has 27 heavy (non-hydrogen) atoms. The number of aryl methyl sites for hydroxylation is 1. The van der Waals surface area contributed by atoms with Crippen molar-refractivity contribution in [2.75, 3.05) is 13.1 Å². The summed E-state index contributed by atoms with van der Waals surface area (Å²) in [6.07, 6.45) is 4.91. The molecule has 1 fully saturated rings. The maximum Gasteiger partial charge on any atom is 0.317 e. The van der Waals surface area contributed by atoms with Gasteiger partial charge >= 0.3 is 6.03 Å². The van der Waals surface area contributed by atoms with Gasteiger partial charge in [0, 0.05) is 36.6 Å². The van der Waals surface area contributed by atoms with Crippen LogP contribution in [0, 0.1) is 0 Å². The van der Waals surface area contributed by atoms with E-state index < -0.39 is 0 Å². The number of hydrogen-bond acceptors (Lipinski definition) is 4. The summed E-state index contributed by atoms with van der Waals surface area (Å²) < 4.78 is 8.78. The third-order valence-electron chi connectivity index (χ3n) is 4.51. The number of nitrogens with zero attached hydrogens (tertiary/aromatic N) is 4. The van der Waals surface area contributed by atoms with Gasteiger partial charge in [0.1, 0.15) is 17.4 Å². The molecule has 9 heteroatoms. The molecule has 0 bridgehead atoms. The van der Waals surface area contributed by atoms with Crippen molar-refractivity contribution in [3.05, 3.63) is 63.8 Å². The lowest BCUT2D eigenvalue weighted by Crippen LogP contribution is -2.58. The molecular formula is C18H18ClN5O3. The largest absolute Gasteiger partial charge is 0.487 e. The van der Waals surface area contributed by atoms with Gasteiger partial charge in [0.15, 0.2) is 0 Å². The second kappa shape index (κ2) is 6.96. The van der Waals surface area contributed by atoms with Gasteiger partial charge in [-0.25, -0.2) is 9.31 Å². The SMILES string of the molecule is Cn1ccn2ncc(CNC(=O)N3CC(Oc4ccc(Cl)cc4)C3)c2c1=O. The van der Waals surface area contributed by atoms with Crippen molar-refractivity contribution in [3.63, 3.8) is 0 Å². The van der Waals surface area contributed by atoms with Crippen molar-refractivity contribution in [2.24, 2.45) is 7.05 Å². The maximum atomic E-state index is 12.3. The van der Waals surface area contributed by atoms with E-state index in [1.165, 1.54) is 9.08 Å². The zero-order valence-electron chi connectivity index (χ0n) is 14.6. The Morgan fingerprint density at radius 2 is 2.04 bits per heavy atom. The van der Waals surface area contributed by atoms with Crippen molar-refractivity contribution in [1.82, 2.24) is 24.4 Å². The Labute approximate surface area is 159 Å². The van der Waals surface area contributed by atoms with Crippen molar-refractivity contribution in [2.45, 2.75) is 12.6 Å². The number of rotatable bonds is 4. The molecule has 0 radical (unpaired) electrons. The molecule has 0 aliphatic carbocycles. The quantitative estimate of drug-likeness (QED) is 0.738. The van der Waals surface area contributed by atoms with E-state index in [-0.39, 0.29) is 24.2 Å². The first-order valence-corrected chi connectivity index (χ1v) is 8.86. The summed E-state index contributed by atoms with van der Waals surface area (Å²) in [6.45, 7) is 1.25. The molecule has 140 valence electrons. The Kier molecular flexibility index (Phi) is 4.49. The third kappa shape index (κ3) is 3.48. The van der Waals surface area contributed by atoms with Gasteiger partial charge in [-0.3, -0.25) is 4.79 Å². The molecule has 2 amide bonds. The average Bonchev–Trinajstić information content (AvgIpc) is 3.04. The van der Waals surface area contributed by atoms with Gasteiger partial charge in [-0.15, -0.1) is 0 Å². The number of ether oxygens (including phenoxy) is 1. The van der Waals surface area contributed by atoms with Gasteiger partial charge in [0.25, 0.3) is 5.56 Å². The predicted molar refractivity (Wildman–Crippen MR) is 100 cm³/mol. The molecule has 2 aromatic heterocycles. The molecule has 0 spiro atoms. The van der Waals surface area contributed by atoms with Crippen molar-refractivity contribution < 1.29 is 9.53 Å². The molecule has 3 heterocycles. The highest BCUT2D eigenvalue weighted by molar-refractivity contribution is 6.30. The van der Waals surface area contributed by atoms with Gasteiger partial charge in [0.2, 0.25) is 0 Å². The number of aromatic nitrogens is 3. The minimum absolute atomic E-state index is 0.0406. The first-order chi connectivity index (χ1) is 13.0. The van der Waals surface area contributed by atoms with Crippen LogP contribution in [-0.4, -0.2) is 44.3 Å². The Bertz CT molecular complexity index is 1040. The second-order valence-electron chi connectivity index (χ2n) is 6.43. The van der Waals surface area contributed by atoms with Crippen molar-refractivity contribution in [3.8, 4) is 5.75 Å². The molecule has 0 saturated carbocycles. The van der Waals surface area contributed by atoms with E-state index >= 15 is 0 Å². The number of likely N-dealkylation sites (tertiary alicyclic amines) is 1. The number of halogens is 1. The van der Waals surface area contributed by atoms with Crippen LogP contribution in [0.4, 0.5) is 4.79 Å². The van der Waals surface area contributed by atoms with E-state index in [9.17, 15) is 9.59 Å². The first kappa shape index (κ1) is 17.4.